The van der Waals surface area contributed by atoms with Crippen LogP contribution in [-0.2, 0) is 6.54 Å². The Balaban J connectivity index is 0.00000392. The smallest absolute Gasteiger partial charge is 0.406 e. The van der Waals surface area contributed by atoms with Crippen molar-refractivity contribution in [1.29, 1.82) is 0 Å². The predicted molar refractivity (Wildman–Crippen MR) is 111 cm³/mol. The number of hydrogen-bond acceptors (Lipinski definition) is 3. The van der Waals surface area contributed by atoms with E-state index in [1.54, 1.807) is 12.1 Å². The lowest BCUT2D eigenvalue weighted by molar-refractivity contribution is -0.274. The first-order valence-electron chi connectivity index (χ1n) is 8.07. The molecule has 10 heteroatoms. The summed E-state index contributed by atoms with van der Waals surface area (Å²) in [6.07, 6.45) is -4.73. The standard InChI is InChI=1S/C18H20F4N4O.HI/c1-26(12-13-2-4-14(19)5-3-13)11-10-24-17(23)25-15-6-8-16(9-7-15)27-18(20,21)22;/h2-9H,10-12H2,1H3,(H3,23,24,25);1H. The summed E-state index contributed by atoms with van der Waals surface area (Å²) in [5, 5.41) is 2.79. The molecule has 0 fully saturated rings. The molecule has 154 valence electrons. The van der Waals surface area contributed by atoms with Gasteiger partial charge in [0.25, 0.3) is 0 Å². The van der Waals surface area contributed by atoms with Crippen LogP contribution in [0.5, 0.6) is 5.75 Å². The van der Waals surface area contributed by atoms with Gasteiger partial charge in [0.05, 0.1) is 6.54 Å². The van der Waals surface area contributed by atoms with Crippen molar-refractivity contribution < 1.29 is 22.3 Å². The monoisotopic (exact) mass is 512 g/mol. The maximum Gasteiger partial charge on any atom is 0.573 e. The van der Waals surface area contributed by atoms with Gasteiger partial charge in [-0.25, -0.2) is 4.39 Å². The largest absolute Gasteiger partial charge is 0.573 e. The summed E-state index contributed by atoms with van der Waals surface area (Å²) in [5.41, 5.74) is 7.24. The van der Waals surface area contributed by atoms with E-state index in [9.17, 15) is 17.6 Å². The first kappa shape index (κ1) is 24.0. The van der Waals surface area contributed by atoms with Gasteiger partial charge in [-0.15, -0.1) is 37.1 Å². The van der Waals surface area contributed by atoms with Gasteiger partial charge in [0.15, 0.2) is 5.96 Å². The number of nitrogens with two attached hydrogens (primary N) is 1. The molecule has 2 rings (SSSR count). The Bertz CT molecular complexity index is 752. The van der Waals surface area contributed by atoms with Crippen LogP contribution in [0.2, 0.25) is 0 Å². The van der Waals surface area contributed by atoms with Crippen LogP contribution >= 0.6 is 24.0 Å². The number of aliphatic imine (C=N–C) groups is 1. The number of nitrogens with zero attached hydrogens (tertiary/aromatic N) is 2. The molecular weight excluding hydrogens is 491 g/mol. The molecule has 0 saturated carbocycles. The molecule has 0 aliphatic carbocycles. The topological polar surface area (TPSA) is 62.9 Å². The molecule has 3 N–H and O–H groups in total. The minimum atomic E-state index is -4.73. The third-order valence-electron chi connectivity index (χ3n) is 3.49. The van der Waals surface area contributed by atoms with Crippen molar-refractivity contribution in [3.63, 3.8) is 0 Å². The van der Waals surface area contributed by atoms with Crippen molar-refractivity contribution in [2.75, 3.05) is 25.5 Å². The van der Waals surface area contributed by atoms with Crippen molar-refractivity contribution in [1.82, 2.24) is 4.90 Å². The fourth-order valence-corrected chi connectivity index (χ4v) is 2.25. The maximum atomic E-state index is 12.9. The fraction of sp³-hybridized carbons (Fsp3) is 0.278. The summed E-state index contributed by atoms with van der Waals surface area (Å²) in [6.45, 7) is 1.69. The number of rotatable bonds is 7. The normalized spacial score (nSPS) is 11.9. The molecule has 28 heavy (non-hydrogen) atoms. The quantitative estimate of drug-likeness (QED) is 0.253. The van der Waals surface area contributed by atoms with Crippen LogP contribution in [-0.4, -0.2) is 37.4 Å². The van der Waals surface area contributed by atoms with Crippen LogP contribution in [0, 0.1) is 5.82 Å². The number of hydrogen-bond donors (Lipinski definition) is 2. The molecule has 5 nitrogen and oxygen atoms in total. The minimum Gasteiger partial charge on any atom is -0.406 e. The van der Waals surface area contributed by atoms with Gasteiger partial charge in [0, 0.05) is 18.8 Å². The summed E-state index contributed by atoms with van der Waals surface area (Å²) in [7, 11) is 1.90. The van der Waals surface area contributed by atoms with Crippen molar-refractivity contribution in [2.45, 2.75) is 12.9 Å². The van der Waals surface area contributed by atoms with E-state index in [-0.39, 0.29) is 41.5 Å². The van der Waals surface area contributed by atoms with Gasteiger partial charge >= 0.3 is 6.36 Å². The molecule has 0 saturated heterocycles. The second kappa shape index (κ2) is 11.1. The van der Waals surface area contributed by atoms with Crippen molar-refractivity contribution in [3.8, 4) is 5.75 Å². The van der Waals surface area contributed by atoms with E-state index >= 15 is 0 Å². The highest BCUT2D eigenvalue weighted by Crippen LogP contribution is 2.23. The van der Waals surface area contributed by atoms with E-state index in [2.05, 4.69) is 15.0 Å². The van der Waals surface area contributed by atoms with E-state index in [4.69, 9.17) is 5.73 Å². The Labute approximate surface area is 177 Å². The highest BCUT2D eigenvalue weighted by Gasteiger charge is 2.30. The first-order valence-corrected chi connectivity index (χ1v) is 8.07. The lowest BCUT2D eigenvalue weighted by atomic mass is 10.2. The van der Waals surface area contributed by atoms with Gasteiger partial charge in [-0.1, -0.05) is 12.1 Å². The van der Waals surface area contributed by atoms with Gasteiger partial charge in [-0.3, -0.25) is 4.99 Å². The van der Waals surface area contributed by atoms with Crippen LogP contribution < -0.4 is 15.8 Å². The van der Waals surface area contributed by atoms with Gasteiger partial charge < -0.3 is 20.7 Å². The predicted octanol–water partition coefficient (Wildman–Crippen LogP) is 4.20. The Morgan fingerprint density at radius 3 is 2.29 bits per heavy atom. The highest BCUT2D eigenvalue weighted by atomic mass is 127. The molecule has 0 bridgehead atoms. The number of likely N-dealkylation sites (N-methyl/N-ethyl adjacent to an activating group) is 1. The van der Waals surface area contributed by atoms with E-state index in [1.165, 1.54) is 36.4 Å². The van der Waals surface area contributed by atoms with Gasteiger partial charge in [-0.2, -0.15) is 0 Å². The Morgan fingerprint density at radius 2 is 1.71 bits per heavy atom. The minimum absolute atomic E-state index is 0. The number of ether oxygens (including phenoxy) is 1. The van der Waals surface area contributed by atoms with E-state index < -0.39 is 6.36 Å². The lowest BCUT2D eigenvalue weighted by Gasteiger charge is -2.15. The van der Waals surface area contributed by atoms with Crippen molar-refractivity contribution in [2.24, 2.45) is 10.7 Å². The Hall–Kier alpha value is -2.08. The van der Waals surface area contributed by atoms with Gasteiger partial charge in [0.1, 0.15) is 11.6 Å². The number of guanidine groups is 1. The molecular formula is C18H21F4IN4O. The molecule has 0 aliphatic rings. The summed E-state index contributed by atoms with van der Waals surface area (Å²) in [6, 6.07) is 11.4. The number of benzene rings is 2. The average Bonchev–Trinajstić information content (AvgIpc) is 2.57. The third kappa shape index (κ3) is 9.22. The Morgan fingerprint density at radius 1 is 1.11 bits per heavy atom. The number of alkyl halides is 3. The van der Waals surface area contributed by atoms with Crippen molar-refractivity contribution >= 4 is 35.6 Å². The average molecular weight is 512 g/mol. The molecule has 0 aliphatic heterocycles. The summed E-state index contributed by atoms with van der Waals surface area (Å²) >= 11 is 0. The zero-order valence-electron chi connectivity index (χ0n) is 15.0. The van der Waals surface area contributed by atoms with Gasteiger partial charge in [0.2, 0.25) is 0 Å². The van der Waals surface area contributed by atoms with Crippen LogP contribution in [0.4, 0.5) is 23.2 Å². The summed E-state index contributed by atoms with van der Waals surface area (Å²) in [5.74, 6) is -0.441. The van der Waals surface area contributed by atoms with Gasteiger partial charge in [-0.05, 0) is 49.0 Å². The van der Waals surface area contributed by atoms with E-state index in [0.717, 1.165) is 5.56 Å². The van der Waals surface area contributed by atoms with Crippen LogP contribution in [0.25, 0.3) is 0 Å². The lowest BCUT2D eigenvalue weighted by Crippen LogP contribution is -2.26. The number of halogens is 5. The molecule has 0 heterocycles. The molecule has 0 amide bonds. The zero-order valence-corrected chi connectivity index (χ0v) is 17.4. The first-order chi connectivity index (χ1) is 12.7. The molecule has 0 aromatic heterocycles. The molecule has 0 unspecified atom stereocenters. The SMILES string of the molecule is CN(CCN=C(N)Nc1ccc(OC(F)(F)F)cc1)Cc1ccc(F)cc1.I. The third-order valence-corrected chi connectivity index (χ3v) is 3.49. The maximum absolute atomic E-state index is 12.9. The molecule has 2 aromatic carbocycles. The Kier molecular flexibility index (Phi) is 9.46. The molecule has 0 atom stereocenters. The van der Waals surface area contributed by atoms with Crippen LogP contribution in [0.1, 0.15) is 5.56 Å². The number of nitrogens with one attached hydrogen (secondary N) is 1. The van der Waals surface area contributed by atoms with E-state index in [0.29, 0.717) is 25.3 Å². The molecule has 0 spiro atoms. The fourth-order valence-electron chi connectivity index (χ4n) is 2.25. The summed E-state index contributed by atoms with van der Waals surface area (Å²) < 4.78 is 53.0. The highest BCUT2D eigenvalue weighted by molar-refractivity contribution is 14.0. The van der Waals surface area contributed by atoms with Crippen LogP contribution in [0.15, 0.2) is 53.5 Å². The zero-order chi connectivity index (χ0) is 19.9. The molecule has 0 radical (unpaired) electrons. The molecule has 2 aromatic rings. The summed E-state index contributed by atoms with van der Waals surface area (Å²) in [4.78, 5) is 6.17. The second-order valence-electron chi connectivity index (χ2n) is 5.83. The van der Waals surface area contributed by atoms with Crippen molar-refractivity contribution in [3.05, 3.63) is 59.9 Å². The number of anilines is 1. The van der Waals surface area contributed by atoms with E-state index in [1.807, 2.05) is 11.9 Å². The van der Waals surface area contributed by atoms with Crippen LogP contribution in [0.3, 0.4) is 0 Å². The second-order valence-corrected chi connectivity index (χ2v) is 5.83.